The molecule has 0 aromatic carbocycles. The van der Waals surface area contributed by atoms with Crippen LogP contribution in [0.25, 0.3) is 0 Å². The summed E-state index contributed by atoms with van der Waals surface area (Å²) >= 11 is 0. The van der Waals surface area contributed by atoms with Crippen molar-refractivity contribution in [2.75, 3.05) is 6.54 Å². The lowest BCUT2D eigenvalue weighted by Crippen LogP contribution is -2.35. The second kappa shape index (κ2) is 16.3. The predicted molar refractivity (Wildman–Crippen MR) is 102 cm³/mol. The number of carbonyl (C=O) groups is 1. The van der Waals surface area contributed by atoms with Crippen molar-refractivity contribution >= 4 is 5.91 Å². The first-order chi connectivity index (χ1) is 11.1. The molecule has 0 unspecified atom stereocenters. The molecule has 0 aliphatic carbocycles. The number of hydrogen-bond donors (Lipinski definition) is 2. The van der Waals surface area contributed by atoms with Gasteiger partial charge in [-0.1, -0.05) is 91.4 Å². The van der Waals surface area contributed by atoms with Gasteiger partial charge in [0.25, 0.3) is 0 Å². The smallest absolute Gasteiger partial charge is 0.218 e. The molecule has 0 saturated carbocycles. The van der Waals surface area contributed by atoms with Crippen LogP contribution in [0.1, 0.15) is 104 Å². The van der Waals surface area contributed by atoms with Gasteiger partial charge in [0.15, 0.2) is 0 Å². The first kappa shape index (κ1) is 22.4. The number of rotatable bonds is 17. The minimum atomic E-state index is -0.186. The van der Waals surface area contributed by atoms with E-state index in [1.807, 2.05) is 0 Å². The van der Waals surface area contributed by atoms with Crippen molar-refractivity contribution in [3.8, 4) is 0 Å². The van der Waals surface area contributed by atoms with Gasteiger partial charge in [-0.15, -0.1) is 0 Å². The molecule has 0 rings (SSSR count). The first-order valence-corrected chi connectivity index (χ1v) is 10.1. The maximum Gasteiger partial charge on any atom is 0.218 e. The van der Waals surface area contributed by atoms with Crippen molar-refractivity contribution in [1.82, 2.24) is 5.32 Å². The van der Waals surface area contributed by atoms with Crippen molar-refractivity contribution in [2.45, 2.75) is 110 Å². The van der Waals surface area contributed by atoms with Gasteiger partial charge in [0, 0.05) is 12.5 Å². The molecule has 3 heteroatoms. The molecule has 0 saturated heterocycles. The predicted octanol–water partition coefficient (Wildman–Crippen LogP) is 5.18. The van der Waals surface area contributed by atoms with Gasteiger partial charge >= 0.3 is 0 Å². The molecule has 0 aliphatic rings. The van der Waals surface area contributed by atoms with E-state index in [1.165, 1.54) is 70.6 Å². The summed E-state index contributed by atoms with van der Waals surface area (Å²) in [5.74, 6) is 0.428. The normalized spacial score (nSPS) is 12.7. The van der Waals surface area contributed by atoms with E-state index in [0.29, 0.717) is 12.3 Å². The molecule has 0 bridgehead atoms. The van der Waals surface area contributed by atoms with Crippen molar-refractivity contribution in [1.29, 1.82) is 0 Å². The van der Waals surface area contributed by atoms with Crippen LogP contribution < -0.4 is 11.1 Å². The van der Waals surface area contributed by atoms with Gasteiger partial charge in [0.2, 0.25) is 5.91 Å². The molecule has 1 atom stereocenters. The Labute approximate surface area is 145 Å². The standard InChI is InChI=1S/C20H42N2O/c1-4-5-6-7-8-9-10-11-12-13-14-15-19(16-20(21)23)22-17-18(2)3/h18-19,22H,4-17H2,1-3H3,(H2,21,23)/t19-/m0/s1. The third-order valence-corrected chi connectivity index (χ3v) is 4.42. The summed E-state index contributed by atoms with van der Waals surface area (Å²) in [6, 6.07) is 0.272. The SMILES string of the molecule is CCCCCCCCCCCCC[C@@H](CC(N)=O)NCC(C)C. The van der Waals surface area contributed by atoms with Crippen molar-refractivity contribution in [3.05, 3.63) is 0 Å². The fraction of sp³-hybridized carbons (Fsp3) is 0.950. The van der Waals surface area contributed by atoms with Gasteiger partial charge < -0.3 is 11.1 Å². The van der Waals surface area contributed by atoms with E-state index in [4.69, 9.17) is 5.73 Å². The Balaban J connectivity index is 3.48. The minimum Gasteiger partial charge on any atom is -0.370 e. The van der Waals surface area contributed by atoms with Crippen LogP contribution in [0.3, 0.4) is 0 Å². The average Bonchev–Trinajstić information content (AvgIpc) is 2.49. The van der Waals surface area contributed by atoms with Crippen LogP contribution in [-0.2, 0) is 4.79 Å². The topological polar surface area (TPSA) is 55.1 Å². The Hall–Kier alpha value is -0.570. The highest BCUT2D eigenvalue weighted by atomic mass is 16.1. The van der Waals surface area contributed by atoms with Crippen molar-refractivity contribution < 1.29 is 4.79 Å². The van der Waals surface area contributed by atoms with Gasteiger partial charge in [-0.25, -0.2) is 0 Å². The Morgan fingerprint density at radius 1 is 0.870 bits per heavy atom. The summed E-state index contributed by atoms with van der Waals surface area (Å²) in [5.41, 5.74) is 5.35. The number of primary amides is 1. The number of unbranched alkanes of at least 4 members (excludes halogenated alkanes) is 10. The molecule has 0 aromatic heterocycles. The number of amides is 1. The van der Waals surface area contributed by atoms with Crippen LogP contribution in [0.4, 0.5) is 0 Å². The van der Waals surface area contributed by atoms with E-state index >= 15 is 0 Å². The largest absolute Gasteiger partial charge is 0.370 e. The van der Waals surface area contributed by atoms with Crippen LogP contribution >= 0.6 is 0 Å². The summed E-state index contributed by atoms with van der Waals surface area (Å²) in [6.45, 7) is 7.62. The summed E-state index contributed by atoms with van der Waals surface area (Å²) in [5, 5.41) is 3.49. The third kappa shape index (κ3) is 17.6. The van der Waals surface area contributed by atoms with Gasteiger partial charge in [-0.3, -0.25) is 4.79 Å². The minimum absolute atomic E-state index is 0.186. The summed E-state index contributed by atoms with van der Waals surface area (Å²) in [6.07, 6.45) is 16.5. The first-order valence-electron chi connectivity index (χ1n) is 10.1. The fourth-order valence-corrected chi connectivity index (χ4v) is 2.98. The molecule has 23 heavy (non-hydrogen) atoms. The molecule has 0 aromatic rings. The van der Waals surface area contributed by atoms with E-state index in [0.717, 1.165) is 13.0 Å². The highest BCUT2D eigenvalue weighted by Gasteiger charge is 2.11. The molecule has 3 nitrogen and oxygen atoms in total. The Morgan fingerprint density at radius 2 is 1.35 bits per heavy atom. The van der Waals surface area contributed by atoms with Gasteiger partial charge in [0.1, 0.15) is 0 Å². The number of hydrogen-bond acceptors (Lipinski definition) is 2. The average molecular weight is 327 g/mol. The van der Waals surface area contributed by atoms with Crippen LogP contribution in [0.15, 0.2) is 0 Å². The van der Waals surface area contributed by atoms with Gasteiger partial charge in [-0.2, -0.15) is 0 Å². The number of nitrogens with one attached hydrogen (secondary N) is 1. The molecule has 0 heterocycles. The van der Waals surface area contributed by atoms with Crippen molar-refractivity contribution in [2.24, 2.45) is 11.7 Å². The molecule has 0 fully saturated rings. The second-order valence-electron chi connectivity index (χ2n) is 7.49. The molecule has 138 valence electrons. The van der Waals surface area contributed by atoms with Crippen molar-refractivity contribution in [3.63, 3.8) is 0 Å². The third-order valence-electron chi connectivity index (χ3n) is 4.42. The highest BCUT2D eigenvalue weighted by molar-refractivity contribution is 5.74. The molecule has 0 aliphatic heterocycles. The number of carbonyl (C=O) groups excluding carboxylic acids is 1. The highest BCUT2D eigenvalue weighted by Crippen LogP contribution is 2.13. The van der Waals surface area contributed by atoms with Crippen LogP contribution in [0.2, 0.25) is 0 Å². The summed E-state index contributed by atoms with van der Waals surface area (Å²) in [4.78, 5) is 11.1. The number of nitrogens with two attached hydrogens (primary N) is 1. The molecule has 3 N–H and O–H groups in total. The van der Waals surface area contributed by atoms with E-state index in [2.05, 4.69) is 26.1 Å². The zero-order valence-corrected chi connectivity index (χ0v) is 16.0. The summed E-state index contributed by atoms with van der Waals surface area (Å²) < 4.78 is 0. The van der Waals surface area contributed by atoms with Gasteiger partial charge in [0.05, 0.1) is 0 Å². The van der Waals surface area contributed by atoms with E-state index in [1.54, 1.807) is 0 Å². The maximum absolute atomic E-state index is 11.1. The summed E-state index contributed by atoms with van der Waals surface area (Å²) in [7, 11) is 0. The molecule has 0 spiro atoms. The van der Waals surface area contributed by atoms with Gasteiger partial charge in [-0.05, 0) is 18.9 Å². The Morgan fingerprint density at radius 3 is 1.78 bits per heavy atom. The zero-order valence-electron chi connectivity index (χ0n) is 16.0. The van der Waals surface area contributed by atoms with Crippen LogP contribution in [0.5, 0.6) is 0 Å². The lowest BCUT2D eigenvalue weighted by molar-refractivity contribution is -0.118. The van der Waals surface area contributed by atoms with Crippen LogP contribution in [-0.4, -0.2) is 18.5 Å². The van der Waals surface area contributed by atoms with E-state index < -0.39 is 0 Å². The fourth-order valence-electron chi connectivity index (χ4n) is 2.98. The van der Waals surface area contributed by atoms with E-state index in [9.17, 15) is 4.79 Å². The maximum atomic E-state index is 11.1. The van der Waals surface area contributed by atoms with Crippen LogP contribution in [0, 0.1) is 5.92 Å². The molecular weight excluding hydrogens is 284 g/mol. The second-order valence-corrected chi connectivity index (χ2v) is 7.49. The Kier molecular flexibility index (Phi) is 15.9. The Bertz CT molecular complexity index is 266. The molecular formula is C20H42N2O. The molecule has 0 radical (unpaired) electrons. The monoisotopic (exact) mass is 326 g/mol. The molecule has 1 amide bonds. The lowest BCUT2D eigenvalue weighted by Gasteiger charge is -2.18. The quantitative estimate of drug-likeness (QED) is 0.362. The lowest BCUT2D eigenvalue weighted by atomic mass is 10.0. The van der Waals surface area contributed by atoms with E-state index in [-0.39, 0.29) is 11.9 Å². The zero-order chi connectivity index (χ0) is 17.3.